The first-order chi connectivity index (χ1) is 9.24. The number of likely N-dealkylation sites (N-methyl/N-ethyl adjacent to an activating group) is 1. The number of furan rings is 1. The Balaban J connectivity index is 2.27. The standard InChI is InChI=1S/C14H16N2O3/c1-3-16-7-6-15-14(17)13-12(16)10-8-9(18-2)4-5-11(10)19-13/h4-5,8H,3,6-7H2,1-2H3,(H,15,17). The Morgan fingerprint density at radius 1 is 1.47 bits per heavy atom. The van der Waals surface area contributed by atoms with Crippen molar-refractivity contribution in [3.8, 4) is 5.75 Å². The van der Waals surface area contributed by atoms with Crippen molar-refractivity contribution in [1.29, 1.82) is 0 Å². The van der Waals surface area contributed by atoms with Crippen LogP contribution in [0.2, 0.25) is 0 Å². The van der Waals surface area contributed by atoms with E-state index in [0.717, 1.165) is 29.9 Å². The highest BCUT2D eigenvalue weighted by Gasteiger charge is 2.27. The minimum atomic E-state index is -0.152. The molecule has 2 heterocycles. The molecule has 0 aliphatic carbocycles. The number of rotatable bonds is 2. The molecule has 1 aromatic heterocycles. The van der Waals surface area contributed by atoms with Gasteiger partial charge in [0.1, 0.15) is 11.3 Å². The van der Waals surface area contributed by atoms with Gasteiger partial charge in [-0.3, -0.25) is 4.79 Å². The van der Waals surface area contributed by atoms with Gasteiger partial charge in [0, 0.05) is 25.0 Å². The number of fused-ring (bicyclic) bond motifs is 3. The summed E-state index contributed by atoms with van der Waals surface area (Å²) in [5.74, 6) is 1.00. The van der Waals surface area contributed by atoms with Crippen LogP contribution in [0.3, 0.4) is 0 Å². The van der Waals surface area contributed by atoms with E-state index in [2.05, 4.69) is 17.1 Å². The van der Waals surface area contributed by atoms with Crippen LogP contribution >= 0.6 is 0 Å². The summed E-state index contributed by atoms with van der Waals surface area (Å²) in [5.41, 5.74) is 1.58. The van der Waals surface area contributed by atoms with Gasteiger partial charge in [0.2, 0.25) is 5.76 Å². The van der Waals surface area contributed by atoms with Crippen LogP contribution in [-0.2, 0) is 0 Å². The second-order valence-electron chi connectivity index (χ2n) is 4.48. The van der Waals surface area contributed by atoms with Crippen molar-refractivity contribution in [2.24, 2.45) is 0 Å². The molecule has 2 aromatic rings. The highest BCUT2D eigenvalue weighted by atomic mass is 16.5. The molecule has 1 aliphatic rings. The lowest BCUT2D eigenvalue weighted by Crippen LogP contribution is -2.29. The van der Waals surface area contributed by atoms with E-state index < -0.39 is 0 Å². The van der Waals surface area contributed by atoms with Gasteiger partial charge in [-0.25, -0.2) is 0 Å². The number of hydrogen-bond donors (Lipinski definition) is 1. The van der Waals surface area contributed by atoms with Crippen molar-refractivity contribution < 1.29 is 13.9 Å². The Morgan fingerprint density at radius 2 is 2.32 bits per heavy atom. The van der Waals surface area contributed by atoms with Crippen LogP contribution in [0.15, 0.2) is 22.6 Å². The molecule has 0 saturated heterocycles. The van der Waals surface area contributed by atoms with E-state index in [9.17, 15) is 4.79 Å². The molecule has 0 fully saturated rings. The summed E-state index contributed by atoms with van der Waals surface area (Å²) < 4.78 is 11.0. The highest BCUT2D eigenvalue weighted by Crippen LogP contribution is 2.36. The zero-order valence-electron chi connectivity index (χ0n) is 11.0. The van der Waals surface area contributed by atoms with Gasteiger partial charge in [-0.2, -0.15) is 0 Å². The number of benzene rings is 1. The van der Waals surface area contributed by atoms with Gasteiger partial charge in [-0.15, -0.1) is 0 Å². The summed E-state index contributed by atoms with van der Waals surface area (Å²) in [6.07, 6.45) is 0. The van der Waals surface area contributed by atoms with E-state index in [1.807, 2.05) is 18.2 Å². The number of anilines is 1. The lowest BCUT2D eigenvalue weighted by molar-refractivity contribution is 0.0933. The number of ether oxygens (including phenoxy) is 1. The number of nitrogens with zero attached hydrogens (tertiary/aromatic N) is 1. The fourth-order valence-corrected chi connectivity index (χ4v) is 2.47. The number of hydrogen-bond acceptors (Lipinski definition) is 4. The van der Waals surface area contributed by atoms with Crippen LogP contribution in [0, 0.1) is 0 Å². The highest BCUT2D eigenvalue weighted by molar-refractivity contribution is 6.07. The summed E-state index contributed by atoms with van der Waals surface area (Å²) in [4.78, 5) is 14.2. The van der Waals surface area contributed by atoms with Gasteiger partial charge in [0.15, 0.2) is 0 Å². The molecule has 3 rings (SSSR count). The summed E-state index contributed by atoms with van der Waals surface area (Å²) in [7, 11) is 1.63. The number of carbonyl (C=O) groups excluding carboxylic acids is 1. The topological polar surface area (TPSA) is 54.7 Å². The Hall–Kier alpha value is -2.17. The van der Waals surface area contributed by atoms with Crippen LogP contribution in [0.5, 0.6) is 5.75 Å². The molecule has 1 amide bonds. The van der Waals surface area contributed by atoms with Crippen LogP contribution < -0.4 is 15.0 Å². The van der Waals surface area contributed by atoms with Gasteiger partial charge in [0.05, 0.1) is 12.8 Å². The number of amides is 1. The first-order valence-corrected chi connectivity index (χ1v) is 6.38. The maximum absolute atomic E-state index is 12.0. The largest absolute Gasteiger partial charge is 0.497 e. The fourth-order valence-electron chi connectivity index (χ4n) is 2.47. The third-order valence-electron chi connectivity index (χ3n) is 3.44. The fraction of sp³-hybridized carbons (Fsp3) is 0.357. The van der Waals surface area contributed by atoms with Gasteiger partial charge < -0.3 is 19.4 Å². The maximum Gasteiger partial charge on any atom is 0.289 e. The molecule has 5 nitrogen and oxygen atoms in total. The smallest absolute Gasteiger partial charge is 0.289 e. The Kier molecular flexibility index (Phi) is 2.81. The normalized spacial score (nSPS) is 15.1. The van der Waals surface area contributed by atoms with E-state index in [1.54, 1.807) is 7.11 Å². The van der Waals surface area contributed by atoms with E-state index in [0.29, 0.717) is 17.9 Å². The lowest BCUT2D eigenvalue weighted by atomic mass is 10.2. The molecule has 1 N–H and O–H groups in total. The average molecular weight is 260 g/mol. The van der Waals surface area contributed by atoms with Crippen LogP contribution in [0.25, 0.3) is 11.0 Å². The van der Waals surface area contributed by atoms with E-state index in [-0.39, 0.29) is 5.91 Å². The van der Waals surface area contributed by atoms with Crippen LogP contribution in [0.4, 0.5) is 5.69 Å². The molecular formula is C14H16N2O3. The zero-order chi connectivity index (χ0) is 13.4. The maximum atomic E-state index is 12.0. The van der Waals surface area contributed by atoms with Crippen LogP contribution in [-0.4, -0.2) is 32.7 Å². The zero-order valence-corrected chi connectivity index (χ0v) is 11.0. The minimum absolute atomic E-state index is 0.152. The van der Waals surface area contributed by atoms with Gasteiger partial charge in [0.25, 0.3) is 5.91 Å². The molecule has 0 unspecified atom stereocenters. The number of carbonyl (C=O) groups is 1. The SMILES string of the molecule is CCN1CCNC(=O)c2oc3ccc(OC)cc3c21. The molecule has 1 aliphatic heterocycles. The van der Waals surface area contributed by atoms with E-state index in [4.69, 9.17) is 9.15 Å². The third-order valence-corrected chi connectivity index (χ3v) is 3.44. The second kappa shape index (κ2) is 4.50. The monoisotopic (exact) mass is 260 g/mol. The number of nitrogens with one attached hydrogen (secondary N) is 1. The molecular weight excluding hydrogens is 244 g/mol. The molecule has 1 aromatic carbocycles. The van der Waals surface area contributed by atoms with Gasteiger partial charge >= 0.3 is 0 Å². The van der Waals surface area contributed by atoms with Crippen molar-refractivity contribution in [2.45, 2.75) is 6.92 Å². The predicted octanol–water partition coefficient (Wildman–Crippen LogP) is 2.01. The van der Waals surface area contributed by atoms with Crippen molar-refractivity contribution in [3.05, 3.63) is 24.0 Å². The second-order valence-corrected chi connectivity index (χ2v) is 4.48. The van der Waals surface area contributed by atoms with E-state index in [1.165, 1.54) is 0 Å². The summed E-state index contributed by atoms with van der Waals surface area (Å²) >= 11 is 0. The molecule has 0 bridgehead atoms. The van der Waals surface area contributed by atoms with E-state index >= 15 is 0 Å². The lowest BCUT2D eigenvalue weighted by Gasteiger charge is -2.19. The first-order valence-electron chi connectivity index (χ1n) is 6.38. The first kappa shape index (κ1) is 11.9. The van der Waals surface area contributed by atoms with Crippen molar-refractivity contribution in [2.75, 3.05) is 31.6 Å². The van der Waals surface area contributed by atoms with Crippen molar-refractivity contribution >= 4 is 22.6 Å². The summed E-state index contributed by atoms with van der Waals surface area (Å²) in [6, 6.07) is 5.59. The molecule has 0 spiro atoms. The predicted molar refractivity (Wildman–Crippen MR) is 73.0 cm³/mol. The average Bonchev–Trinajstić information content (AvgIpc) is 2.74. The Morgan fingerprint density at radius 3 is 3.05 bits per heavy atom. The molecule has 100 valence electrons. The summed E-state index contributed by atoms with van der Waals surface area (Å²) in [6.45, 7) is 4.30. The van der Waals surface area contributed by atoms with Gasteiger partial charge in [-0.05, 0) is 25.1 Å². The number of methoxy groups -OCH3 is 1. The molecule has 19 heavy (non-hydrogen) atoms. The third kappa shape index (κ3) is 1.82. The van der Waals surface area contributed by atoms with Crippen molar-refractivity contribution in [3.63, 3.8) is 0 Å². The molecule has 0 atom stereocenters. The molecule has 0 radical (unpaired) electrons. The minimum Gasteiger partial charge on any atom is -0.497 e. The van der Waals surface area contributed by atoms with Gasteiger partial charge in [-0.1, -0.05) is 0 Å². The van der Waals surface area contributed by atoms with Crippen LogP contribution in [0.1, 0.15) is 17.5 Å². The quantitative estimate of drug-likeness (QED) is 0.897. The summed E-state index contributed by atoms with van der Waals surface area (Å²) in [5, 5.41) is 3.77. The molecule has 0 saturated carbocycles. The Bertz CT molecular complexity index is 633. The molecule has 5 heteroatoms. The van der Waals surface area contributed by atoms with Crippen molar-refractivity contribution in [1.82, 2.24) is 5.32 Å². The Labute approximate surface area is 111 Å².